The molecule has 1 aliphatic heterocycles. The number of aromatic nitrogens is 3. The van der Waals surface area contributed by atoms with Crippen molar-refractivity contribution >= 4 is 22.8 Å². The van der Waals surface area contributed by atoms with Gasteiger partial charge in [0.05, 0.1) is 16.8 Å². The number of halogens is 3. The highest BCUT2D eigenvalue weighted by atomic mass is 19.4. The van der Waals surface area contributed by atoms with Crippen LogP contribution in [0.3, 0.4) is 0 Å². The molecule has 1 aromatic carbocycles. The van der Waals surface area contributed by atoms with Crippen molar-refractivity contribution in [3.8, 4) is 5.69 Å². The van der Waals surface area contributed by atoms with Crippen molar-refractivity contribution in [3.63, 3.8) is 0 Å². The van der Waals surface area contributed by atoms with Gasteiger partial charge in [-0.15, -0.1) is 5.10 Å². The van der Waals surface area contributed by atoms with Gasteiger partial charge >= 0.3 is 6.18 Å². The largest absolute Gasteiger partial charge is 0.416 e. The number of hydrogen-bond donors (Lipinski definition) is 1. The van der Waals surface area contributed by atoms with Gasteiger partial charge < -0.3 is 10.6 Å². The van der Waals surface area contributed by atoms with Gasteiger partial charge in [-0.2, -0.15) is 13.2 Å². The minimum absolute atomic E-state index is 0.0671. The Morgan fingerprint density at radius 1 is 1.21 bits per heavy atom. The van der Waals surface area contributed by atoms with Gasteiger partial charge in [0.15, 0.2) is 5.82 Å². The molecular formula is C20H18F3N5O. The molecule has 1 amide bonds. The Labute approximate surface area is 164 Å². The van der Waals surface area contributed by atoms with Crippen LogP contribution in [0.1, 0.15) is 12.0 Å². The number of benzene rings is 1. The summed E-state index contributed by atoms with van der Waals surface area (Å²) in [4.78, 5) is 17.8. The van der Waals surface area contributed by atoms with Gasteiger partial charge in [-0.3, -0.25) is 9.78 Å². The summed E-state index contributed by atoms with van der Waals surface area (Å²) < 4.78 is 40.2. The number of carbonyl (C=O) groups excluding carboxylic acids is 1. The fourth-order valence-corrected chi connectivity index (χ4v) is 3.58. The molecule has 1 aliphatic rings. The molecule has 4 rings (SSSR count). The number of carbonyl (C=O) groups is 1. The van der Waals surface area contributed by atoms with Crippen LogP contribution in [-0.4, -0.2) is 33.8 Å². The van der Waals surface area contributed by atoms with Crippen LogP contribution in [-0.2, 0) is 11.0 Å². The molecule has 0 spiro atoms. The van der Waals surface area contributed by atoms with Gasteiger partial charge in [0.1, 0.15) is 5.52 Å². The molecule has 0 bridgehead atoms. The lowest BCUT2D eigenvalue weighted by Crippen LogP contribution is -2.24. The van der Waals surface area contributed by atoms with E-state index in [1.54, 1.807) is 16.9 Å². The van der Waals surface area contributed by atoms with Crippen LogP contribution in [0, 0.1) is 5.92 Å². The average Bonchev–Trinajstić information content (AvgIpc) is 3.31. The van der Waals surface area contributed by atoms with Crippen LogP contribution in [0.5, 0.6) is 0 Å². The Morgan fingerprint density at radius 3 is 2.59 bits per heavy atom. The molecule has 2 aromatic heterocycles. The van der Waals surface area contributed by atoms with Crippen LogP contribution in [0.2, 0.25) is 0 Å². The summed E-state index contributed by atoms with van der Waals surface area (Å²) in [5, 5.41) is 4.63. The molecular weight excluding hydrogens is 383 g/mol. The Bertz CT molecular complexity index is 1090. The first-order valence-corrected chi connectivity index (χ1v) is 9.00. The Morgan fingerprint density at radius 2 is 1.93 bits per heavy atom. The summed E-state index contributed by atoms with van der Waals surface area (Å²) >= 11 is 0. The van der Waals surface area contributed by atoms with E-state index in [4.69, 9.17) is 5.73 Å². The molecule has 150 valence electrons. The highest BCUT2D eigenvalue weighted by Crippen LogP contribution is 2.33. The number of rotatable bonds is 4. The predicted octanol–water partition coefficient (Wildman–Crippen LogP) is 3.31. The number of nitrogens with two attached hydrogens (primary N) is 1. The first kappa shape index (κ1) is 19.0. The van der Waals surface area contributed by atoms with E-state index in [1.807, 2.05) is 11.0 Å². The molecule has 0 radical (unpaired) electrons. The second kappa shape index (κ2) is 6.91. The van der Waals surface area contributed by atoms with Gasteiger partial charge in [0.25, 0.3) is 0 Å². The monoisotopic (exact) mass is 401 g/mol. The molecule has 1 unspecified atom stereocenters. The number of nitrogens with zero attached hydrogens (tertiary/aromatic N) is 4. The third kappa shape index (κ3) is 3.43. The number of fused-ring (bicyclic) bond motifs is 1. The second-order valence-corrected chi connectivity index (χ2v) is 6.97. The van der Waals surface area contributed by atoms with Crippen molar-refractivity contribution in [2.75, 3.05) is 18.0 Å². The molecule has 3 aromatic rings. The molecule has 2 N–H and O–H groups in total. The van der Waals surface area contributed by atoms with Crippen molar-refractivity contribution in [3.05, 3.63) is 60.3 Å². The molecule has 9 heteroatoms. The summed E-state index contributed by atoms with van der Waals surface area (Å²) in [5.41, 5.74) is 6.82. The quantitative estimate of drug-likeness (QED) is 0.681. The molecule has 1 atom stereocenters. The minimum atomic E-state index is -4.40. The molecule has 6 nitrogen and oxygen atoms in total. The highest BCUT2D eigenvalue weighted by molar-refractivity contribution is 5.92. The van der Waals surface area contributed by atoms with Gasteiger partial charge in [-0.1, -0.05) is 6.58 Å². The second-order valence-electron chi connectivity index (χ2n) is 6.97. The Hall–Kier alpha value is -3.36. The maximum Gasteiger partial charge on any atom is 0.416 e. The molecule has 29 heavy (non-hydrogen) atoms. The van der Waals surface area contributed by atoms with Crippen molar-refractivity contribution in [1.82, 2.24) is 14.8 Å². The van der Waals surface area contributed by atoms with E-state index in [0.717, 1.165) is 12.1 Å². The lowest BCUT2D eigenvalue weighted by atomic mass is 9.99. The average molecular weight is 401 g/mol. The standard InChI is InChI=1S/C20H18F3N5O/c1-12(18(24)29)13-8-10-27(11-13)19-17-16(3-2-9-25-17)28(26-19)15-6-4-14(5-7-15)20(21,22)23/h2-7,9,13H,1,8,10-11H2,(H2,24,29). The van der Waals surface area contributed by atoms with E-state index in [2.05, 4.69) is 16.7 Å². The summed E-state index contributed by atoms with van der Waals surface area (Å²) in [7, 11) is 0. The molecule has 1 fully saturated rings. The number of anilines is 1. The summed E-state index contributed by atoms with van der Waals surface area (Å²) in [6.07, 6.45) is -2.05. The number of primary amides is 1. The summed E-state index contributed by atoms with van der Waals surface area (Å²) in [5.74, 6) is 0.0258. The summed E-state index contributed by atoms with van der Waals surface area (Å²) in [6.45, 7) is 4.94. The van der Waals surface area contributed by atoms with E-state index in [-0.39, 0.29) is 5.92 Å². The third-order valence-corrected chi connectivity index (χ3v) is 5.16. The van der Waals surface area contributed by atoms with E-state index in [1.165, 1.54) is 12.1 Å². The number of amides is 1. The fourth-order valence-electron chi connectivity index (χ4n) is 3.58. The van der Waals surface area contributed by atoms with Crippen molar-refractivity contribution in [2.24, 2.45) is 11.7 Å². The van der Waals surface area contributed by atoms with Gasteiger partial charge in [-0.25, -0.2) is 4.68 Å². The minimum Gasteiger partial charge on any atom is -0.366 e. The SMILES string of the molecule is C=C(C(N)=O)C1CCN(c2nn(-c3ccc(C(F)(F)F)cc3)c3cccnc23)C1. The Balaban J connectivity index is 1.71. The van der Waals surface area contributed by atoms with Crippen LogP contribution in [0.15, 0.2) is 54.7 Å². The van der Waals surface area contributed by atoms with Gasteiger partial charge in [-0.05, 0) is 42.8 Å². The lowest BCUT2D eigenvalue weighted by Gasteiger charge is -2.16. The number of alkyl halides is 3. The predicted molar refractivity (Wildman–Crippen MR) is 103 cm³/mol. The zero-order valence-corrected chi connectivity index (χ0v) is 15.4. The van der Waals surface area contributed by atoms with Crippen LogP contribution < -0.4 is 10.6 Å². The smallest absolute Gasteiger partial charge is 0.366 e. The third-order valence-electron chi connectivity index (χ3n) is 5.16. The van der Waals surface area contributed by atoms with Gasteiger partial charge in [0.2, 0.25) is 5.91 Å². The topological polar surface area (TPSA) is 77.0 Å². The molecule has 3 heterocycles. The van der Waals surface area contributed by atoms with E-state index in [9.17, 15) is 18.0 Å². The molecule has 0 saturated carbocycles. The van der Waals surface area contributed by atoms with Crippen molar-refractivity contribution in [1.29, 1.82) is 0 Å². The van der Waals surface area contributed by atoms with Gasteiger partial charge in [0, 0.05) is 30.8 Å². The van der Waals surface area contributed by atoms with E-state index < -0.39 is 17.6 Å². The van der Waals surface area contributed by atoms with Crippen LogP contribution in [0.4, 0.5) is 19.0 Å². The zero-order chi connectivity index (χ0) is 20.8. The molecule has 0 aliphatic carbocycles. The van der Waals surface area contributed by atoms with Crippen LogP contribution >= 0.6 is 0 Å². The fraction of sp³-hybridized carbons (Fsp3) is 0.250. The van der Waals surface area contributed by atoms with E-state index in [0.29, 0.717) is 47.6 Å². The highest BCUT2D eigenvalue weighted by Gasteiger charge is 2.31. The maximum atomic E-state index is 12.9. The normalized spacial score (nSPS) is 17.1. The lowest BCUT2D eigenvalue weighted by molar-refractivity contribution is -0.137. The number of pyridine rings is 1. The van der Waals surface area contributed by atoms with Crippen molar-refractivity contribution in [2.45, 2.75) is 12.6 Å². The zero-order valence-electron chi connectivity index (χ0n) is 15.4. The van der Waals surface area contributed by atoms with Crippen molar-refractivity contribution < 1.29 is 18.0 Å². The summed E-state index contributed by atoms with van der Waals surface area (Å²) in [6, 6.07) is 8.38. The Kier molecular flexibility index (Phi) is 4.52. The first-order valence-electron chi connectivity index (χ1n) is 9.00. The van der Waals surface area contributed by atoms with Crippen LogP contribution in [0.25, 0.3) is 16.7 Å². The van der Waals surface area contributed by atoms with E-state index >= 15 is 0 Å². The number of hydrogen-bond acceptors (Lipinski definition) is 4. The maximum absolute atomic E-state index is 12.9. The first-order chi connectivity index (χ1) is 13.8. The molecule has 1 saturated heterocycles.